The van der Waals surface area contributed by atoms with E-state index >= 15 is 0 Å². The molecule has 1 aliphatic rings. The molecular formula is C23H28N4O4S. The highest BCUT2D eigenvalue weighted by molar-refractivity contribution is 7.22. The lowest BCUT2D eigenvalue weighted by Crippen LogP contribution is -2.51. The molecule has 2 heterocycles. The Kier molecular flexibility index (Phi) is 6.84. The molecule has 32 heavy (non-hydrogen) atoms. The first-order valence-electron chi connectivity index (χ1n) is 10.6. The number of piperazine rings is 1. The number of benzene rings is 2. The maximum Gasteiger partial charge on any atom is 0.317 e. The Balaban J connectivity index is 1.33. The van der Waals surface area contributed by atoms with Gasteiger partial charge in [0.2, 0.25) is 0 Å². The molecule has 2 aromatic carbocycles. The summed E-state index contributed by atoms with van der Waals surface area (Å²) in [6, 6.07) is 11.6. The number of nitrogens with zero attached hydrogens (tertiary/aromatic N) is 3. The average Bonchev–Trinajstić information content (AvgIpc) is 3.28. The zero-order valence-corrected chi connectivity index (χ0v) is 19.4. The van der Waals surface area contributed by atoms with E-state index < -0.39 is 0 Å². The van der Waals surface area contributed by atoms with Crippen molar-refractivity contribution in [1.82, 2.24) is 15.2 Å². The zero-order chi connectivity index (χ0) is 22.5. The Bertz CT molecular complexity index is 1080. The van der Waals surface area contributed by atoms with Crippen molar-refractivity contribution in [3.63, 3.8) is 0 Å². The molecule has 3 aromatic rings. The van der Waals surface area contributed by atoms with Gasteiger partial charge in [0.25, 0.3) is 0 Å². The van der Waals surface area contributed by atoms with Gasteiger partial charge in [0, 0.05) is 32.7 Å². The summed E-state index contributed by atoms with van der Waals surface area (Å²) in [6.45, 7) is 5.79. The third kappa shape index (κ3) is 4.67. The summed E-state index contributed by atoms with van der Waals surface area (Å²) >= 11 is 1.66. The number of carbonyl (C=O) groups excluding carboxylic acids is 1. The van der Waals surface area contributed by atoms with E-state index in [0.717, 1.165) is 39.8 Å². The molecule has 0 radical (unpaired) electrons. The van der Waals surface area contributed by atoms with Crippen LogP contribution in [0.2, 0.25) is 0 Å². The molecule has 1 aromatic heterocycles. The minimum atomic E-state index is -0.0673. The second-order valence-corrected chi connectivity index (χ2v) is 8.36. The van der Waals surface area contributed by atoms with Crippen molar-refractivity contribution in [3.05, 3.63) is 42.0 Å². The van der Waals surface area contributed by atoms with E-state index in [1.807, 2.05) is 42.2 Å². The van der Waals surface area contributed by atoms with Gasteiger partial charge in [-0.05, 0) is 36.8 Å². The van der Waals surface area contributed by atoms with E-state index in [2.05, 4.69) is 16.3 Å². The number of anilines is 1. The fraction of sp³-hybridized carbons (Fsp3) is 0.391. The first-order chi connectivity index (χ1) is 15.6. The van der Waals surface area contributed by atoms with Crippen molar-refractivity contribution in [3.8, 4) is 17.2 Å². The van der Waals surface area contributed by atoms with Gasteiger partial charge in [-0.3, -0.25) is 0 Å². The van der Waals surface area contributed by atoms with Crippen LogP contribution in [-0.4, -0.2) is 62.9 Å². The Hall–Kier alpha value is -3.20. The second kappa shape index (κ2) is 9.95. The molecule has 9 heteroatoms. The molecular weight excluding hydrogens is 428 g/mol. The molecule has 2 amide bonds. The van der Waals surface area contributed by atoms with E-state index in [9.17, 15) is 4.79 Å². The molecule has 1 saturated heterocycles. The Morgan fingerprint density at radius 1 is 1.06 bits per heavy atom. The fourth-order valence-corrected chi connectivity index (χ4v) is 4.73. The highest BCUT2D eigenvalue weighted by Gasteiger charge is 2.23. The average molecular weight is 457 g/mol. The lowest BCUT2D eigenvalue weighted by molar-refractivity contribution is 0.194. The SMILES string of the molecule is CCOc1cccc2sc(N3CCN(C(=O)NCc4ccc(OC)c(OC)c4)CC3)nc12. The number of carbonyl (C=O) groups is 1. The van der Waals surface area contributed by atoms with E-state index in [1.54, 1.807) is 25.6 Å². The third-order valence-corrected chi connectivity index (χ3v) is 6.48. The van der Waals surface area contributed by atoms with Crippen LogP contribution in [0.15, 0.2) is 36.4 Å². The summed E-state index contributed by atoms with van der Waals surface area (Å²) in [7, 11) is 3.20. The summed E-state index contributed by atoms with van der Waals surface area (Å²) in [6.07, 6.45) is 0. The maximum absolute atomic E-state index is 12.7. The summed E-state index contributed by atoms with van der Waals surface area (Å²) in [5.41, 5.74) is 1.86. The quantitative estimate of drug-likeness (QED) is 0.584. The summed E-state index contributed by atoms with van der Waals surface area (Å²) < 4.78 is 17.4. The van der Waals surface area contributed by atoms with Crippen LogP contribution in [0.3, 0.4) is 0 Å². The number of para-hydroxylation sites is 1. The van der Waals surface area contributed by atoms with Crippen LogP contribution >= 0.6 is 11.3 Å². The topological polar surface area (TPSA) is 76.2 Å². The van der Waals surface area contributed by atoms with Crippen LogP contribution < -0.4 is 24.4 Å². The fourth-order valence-electron chi connectivity index (χ4n) is 3.70. The summed E-state index contributed by atoms with van der Waals surface area (Å²) in [5.74, 6) is 2.14. The van der Waals surface area contributed by atoms with Gasteiger partial charge in [-0.25, -0.2) is 9.78 Å². The van der Waals surface area contributed by atoms with Crippen molar-refractivity contribution < 1.29 is 19.0 Å². The van der Waals surface area contributed by atoms with Crippen LogP contribution in [-0.2, 0) is 6.54 Å². The van der Waals surface area contributed by atoms with Crippen LogP contribution in [0.1, 0.15) is 12.5 Å². The van der Waals surface area contributed by atoms with Crippen molar-refractivity contribution >= 4 is 32.7 Å². The molecule has 1 aliphatic heterocycles. The number of urea groups is 1. The first kappa shape index (κ1) is 22.0. The van der Waals surface area contributed by atoms with Gasteiger partial charge in [-0.2, -0.15) is 0 Å². The van der Waals surface area contributed by atoms with E-state index in [-0.39, 0.29) is 6.03 Å². The number of thiazole rings is 1. The smallest absolute Gasteiger partial charge is 0.317 e. The van der Waals surface area contributed by atoms with Gasteiger partial charge in [0.1, 0.15) is 11.3 Å². The van der Waals surface area contributed by atoms with Crippen molar-refractivity contribution in [2.45, 2.75) is 13.5 Å². The first-order valence-corrected chi connectivity index (χ1v) is 11.5. The summed E-state index contributed by atoms with van der Waals surface area (Å²) in [4.78, 5) is 21.5. The molecule has 0 spiro atoms. The monoisotopic (exact) mass is 456 g/mol. The molecule has 0 saturated carbocycles. The number of hydrogen-bond donors (Lipinski definition) is 1. The molecule has 0 atom stereocenters. The van der Waals surface area contributed by atoms with Crippen molar-refractivity contribution in [2.75, 3.05) is 51.9 Å². The summed E-state index contributed by atoms with van der Waals surface area (Å²) in [5, 5.41) is 3.97. The van der Waals surface area contributed by atoms with E-state index in [1.165, 1.54) is 0 Å². The van der Waals surface area contributed by atoms with Gasteiger partial charge in [-0.15, -0.1) is 0 Å². The molecule has 0 bridgehead atoms. The normalized spacial score (nSPS) is 13.8. The molecule has 170 valence electrons. The molecule has 0 aliphatic carbocycles. The molecule has 4 rings (SSSR count). The lowest BCUT2D eigenvalue weighted by atomic mass is 10.2. The number of hydrogen-bond acceptors (Lipinski definition) is 7. The van der Waals surface area contributed by atoms with Crippen molar-refractivity contribution in [1.29, 1.82) is 0 Å². The van der Waals surface area contributed by atoms with Gasteiger partial charge >= 0.3 is 6.03 Å². The standard InChI is InChI=1S/C23H28N4O4S/c1-4-31-18-6-5-7-20-21(18)25-23(32-20)27-12-10-26(11-13-27)22(28)24-15-16-8-9-17(29-2)19(14-16)30-3/h5-9,14H,4,10-13,15H2,1-3H3,(H,24,28). The van der Waals surface area contributed by atoms with Gasteiger partial charge in [0.05, 0.1) is 25.5 Å². The molecule has 8 nitrogen and oxygen atoms in total. The highest BCUT2D eigenvalue weighted by atomic mass is 32.1. The molecule has 1 N–H and O–H groups in total. The minimum absolute atomic E-state index is 0.0673. The minimum Gasteiger partial charge on any atom is -0.493 e. The lowest BCUT2D eigenvalue weighted by Gasteiger charge is -2.34. The number of rotatable bonds is 7. The van der Waals surface area contributed by atoms with Gasteiger partial charge in [-0.1, -0.05) is 23.5 Å². The number of nitrogens with one attached hydrogen (secondary N) is 1. The predicted octanol–water partition coefficient (Wildman–Crippen LogP) is 3.74. The predicted molar refractivity (Wildman–Crippen MR) is 126 cm³/mol. The number of ether oxygens (including phenoxy) is 3. The van der Waals surface area contributed by atoms with E-state index in [4.69, 9.17) is 19.2 Å². The van der Waals surface area contributed by atoms with Crippen LogP contribution in [0, 0.1) is 0 Å². The Morgan fingerprint density at radius 3 is 2.56 bits per heavy atom. The Morgan fingerprint density at radius 2 is 1.84 bits per heavy atom. The second-order valence-electron chi connectivity index (χ2n) is 7.35. The Labute approximate surface area is 191 Å². The number of methoxy groups -OCH3 is 2. The number of amides is 2. The number of fused-ring (bicyclic) bond motifs is 1. The largest absolute Gasteiger partial charge is 0.493 e. The van der Waals surface area contributed by atoms with Gasteiger partial charge in [0.15, 0.2) is 16.6 Å². The molecule has 1 fully saturated rings. The van der Waals surface area contributed by atoms with Crippen molar-refractivity contribution in [2.24, 2.45) is 0 Å². The highest BCUT2D eigenvalue weighted by Crippen LogP contribution is 2.34. The molecule has 0 unspecified atom stereocenters. The third-order valence-electron chi connectivity index (χ3n) is 5.40. The van der Waals surface area contributed by atoms with Crippen LogP contribution in [0.4, 0.5) is 9.93 Å². The maximum atomic E-state index is 12.7. The van der Waals surface area contributed by atoms with E-state index in [0.29, 0.717) is 37.7 Å². The number of aromatic nitrogens is 1. The zero-order valence-electron chi connectivity index (χ0n) is 18.6. The van der Waals surface area contributed by atoms with Gasteiger partial charge < -0.3 is 29.3 Å². The van der Waals surface area contributed by atoms with Crippen LogP contribution in [0.25, 0.3) is 10.2 Å². The van der Waals surface area contributed by atoms with Crippen LogP contribution in [0.5, 0.6) is 17.2 Å².